The maximum Gasteiger partial charge on any atom is 0.293 e. The van der Waals surface area contributed by atoms with Crippen molar-refractivity contribution in [1.29, 1.82) is 0 Å². The molecule has 2 N–H and O–H groups in total. The molecule has 1 fully saturated rings. The molecule has 1 aliphatic carbocycles. The van der Waals surface area contributed by atoms with Crippen molar-refractivity contribution in [1.82, 2.24) is 9.36 Å². The highest BCUT2D eigenvalue weighted by atomic mass is 32.1. The highest BCUT2D eigenvalue weighted by Crippen LogP contribution is 2.23. The lowest BCUT2D eigenvalue weighted by atomic mass is 10.1. The maximum absolute atomic E-state index is 6.07. The Hall–Kier alpha value is -0.680. The molecule has 0 radical (unpaired) electrons. The van der Waals surface area contributed by atoms with Crippen LogP contribution in [-0.4, -0.2) is 21.5 Å². The smallest absolute Gasteiger partial charge is 0.293 e. The van der Waals surface area contributed by atoms with Gasteiger partial charge >= 0.3 is 0 Å². The number of aromatic nitrogens is 2. The molecule has 1 aromatic heterocycles. The zero-order valence-corrected chi connectivity index (χ0v) is 9.80. The van der Waals surface area contributed by atoms with E-state index in [9.17, 15) is 0 Å². The van der Waals surface area contributed by atoms with Gasteiger partial charge in [0.1, 0.15) is 11.9 Å². The van der Waals surface area contributed by atoms with Crippen LogP contribution in [0.3, 0.4) is 0 Å². The van der Waals surface area contributed by atoms with Crippen molar-refractivity contribution >= 4 is 11.5 Å². The molecule has 2 rings (SSSR count). The number of nitrogens with two attached hydrogens (primary N) is 1. The molecule has 0 saturated heterocycles. The molecule has 1 heterocycles. The third-order valence-electron chi connectivity index (χ3n) is 2.76. The average molecular weight is 227 g/mol. The van der Waals surface area contributed by atoms with Crippen molar-refractivity contribution in [2.75, 3.05) is 0 Å². The van der Waals surface area contributed by atoms with E-state index in [-0.39, 0.29) is 12.1 Å². The summed E-state index contributed by atoms with van der Waals surface area (Å²) >= 11 is 1.31. The van der Waals surface area contributed by atoms with Crippen molar-refractivity contribution < 1.29 is 4.74 Å². The van der Waals surface area contributed by atoms with E-state index < -0.39 is 0 Å². The van der Waals surface area contributed by atoms with Gasteiger partial charge in [0, 0.05) is 17.6 Å². The molecule has 2 atom stereocenters. The van der Waals surface area contributed by atoms with E-state index in [2.05, 4.69) is 9.36 Å². The van der Waals surface area contributed by atoms with Crippen LogP contribution in [0, 0.1) is 6.92 Å². The molecule has 15 heavy (non-hydrogen) atoms. The first-order valence-corrected chi connectivity index (χ1v) is 6.25. The van der Waals surface area contributed by atoms with Crippen molar-refractivity contribution in [3.8, 4) is 5.19 Å². The summed E-state index contributed by atoms with van der Waals surface area (Å²) in [6.07, 6.45) is 5.91. The number of ether oxygens (including phenoxy) is 1. The van der Waals surface area contributed by atoms with E-state index in [4.69, 9.17) is 10.5 Å². The van der Waals surface area contributed by atoms with E-state index in [1.807, 2.05) is 6.92 Å². The van der Waals surface area contributed by atoms with Gasteiger partial charge in [-0.15, -0.1) is 0 Å². The SMILES string of the molecule is Cc1nsc(OC2CCCCCC2N)n1. The minimum atomic E-state index is 0.125. The molecule has 0 aromatic carbocycles. The Balaban J connectivity index is 1.97. The molecular weight excluding hydrogens is 210 g/mol. The summed E-state index contributed by atoms with van der Waals surface area (Å²) in [5, 5.41) is 0.662. The molecule has 1 saturated carbocycles. The third kappa shape index (κ3) is 2.89. The molecule has 0 spiro atoms. The van der Waals surface area contributed by atoms with Crippen LogP contribution < -0.4 is 10.5 Å². The second-order valence-corrected chi connectivity index (χ2v) is 4.78. The molecule has 5 heteroatoms. The normalized spacial score (nSPS) is 27.3. The first kappa shape index (κ1) is 10.8. The van der Waals surface area contributed by atoms with E-state index in [1.165, 1.54) is 30.8 Å². The van der Waals surface area contributed by atoms with Crippen LogP contribution in [0.5, 0.6) is 5.19 Å². The summed E-state index contributed by atoms with van der Waals surface area (Å²) in [6, 6.07) is 0.150. The fourth-order valence-electron chi connectivity index (χ4n) is 1.90. The molecule has 2 unspecified atom stereocenters. The number of aryl methyl sites for hydroxylation is 1. The zero-order chi connectivity index (χ0) is 10.7. The van der Waals surface area contributed by atoms with Crippen molar-refractivity contribution in [3.05, 3.63) is 5.82 Å². The predicted molar refractivity (Wildman–Crippen MR) is 60.1 cm³/mol. The summed E-state index contributed by atoms with van der Waals surface area (Å²) in [6.45, 7) is 1.87. The first-order valence-electron chi connectivity index (χ1n) is 5.48. The molecule has 84 valence electrons. The van der Waals surface area contributed by atoms with Crippen LogP contribution in [0.4, 0.5) is 0 Å². The lowest BCUT2D eigenvalue weighted by Crippen LogP contribution is -2.37. The molecule has 0 bridgehead atoms. The Kier molecular flexibility index (Phi) is 3.53. The molecule has 0 amide bonds. The highest BCUT2D eigenvalue weighted by Gasteiger charge is 2.23. The van der Waals surface area contributed by atoms with Crippen molar-refractivity contribution in [2.45, 2.75) is 51.2 Å². The monoisotopic (exact) mass is 227 g/mol. The summed E-state index contributed by atoms with van der Waals surface area (Å²) in [7, 11) is 0. The van der Waals surface area contributed by atoms with Gasteiger partial charge in [0.2, 0.25) is 0 Å². The van der Waals surface area contributed by atoms with Gasteiger partial charge in [-0.1, -0.05) is 12.8 Å². The van der Waals surface area contributed by atoms with Crippen molar-refractivity contribution in [2.24, 2.45) is 5.73 Å². The van der Waals surface area contributed by atoms with E-state index >= 15 is 0 Å². The van der Waals surface area contributed by atoms with Crippen molar-refractivity contribution in [3.63, 3.8) is 0 Å². The average Bonchev–Trinajstić information content (AvgIpc) is 2.50. The minimum absolute atomic E-state index is 0.125. The summed E-state index contributed by atoms with van der Waals surface area (Å²) < 4.78 is 9.88. The Morgan fingerprint density at radius 2 is 2.13 bits per heavy atom. The lowest BCUT2D eigenvalue weighted by Gasteiger charge is -2.20. The standard InChI is InChI=1S/C10H17N3OS/c1-7-12-10(15-13-7)14-9-6-4-2-3-5-8(9)11/h8-9H,2-6,11H2,1H3. The number of nitrogens with zero attached hydrogens (tertiary/aromatic N) is 2. The largest absolute Gasteiger partial charge is 0.464 e. The third-order valence-corrected chi connectivity index (χ3v) is 3.46. The fraction of sp³-hybridized carbons (Fsp3) is 0.800. The Morgan fingerprint density at radius 3 is 2.87 bits per heavy atom. The highest BCUT2D eigenvalue weighted by molar-refractivity contribution is 7.07. The summed E-state index contributed by atoms with van der Waals surface area (Å²) in [5.74, 6) is 0.775. The maximum atomic E-state index is 6.07. The van der Waals surface area contributed by atoms with Gasteiger partial charge in [0.25, 0.3) is 5.19 Å². The number of hydrogen-bond donors (Lipinski definition) is 1. The molecule has 0 aliphatic heterocycles. The predicted octanol–water partition coefficient (Wildman–Crippen LogP) is 1.89. The Labute approximate surface area is 94.0 Å². The first-order chi connectivity index (χ1) is 7.25. The van der Waals surface area contributed by atoms with Crippen LogP contribution >= 0.6 is 11.5 Å². The number of rotatable bonds is 2. The van der Waals surface area contributed by atoms with E-state index in [0.717, 1.165) is 18.7 Å². The Bertz CT molecular complexity index is 315. The molecular formula is C10H17N3OS. The molecule has 1 aliphatic rings. The second kappa shape index (κ2) is 4.90. The quantitative estimate of drug-likeness (QED) is 0.784. The van der Waals surface area contributed by atoms with E-state index in [0.29, 0.717) is 5.19 Å². The van der Waals surface area contributed by atoms with Gasteiger partial charge in [0.05, 0.1) is 0 Å². The van der Waals surface area contributed by atoms with Gasteiger partial charge in [-0.3, -0.25) is 0 Å². The van der Waals surface area contributed by atoms with Crippen LogP contribution in [0.15, 0.2) is 0 Å². The van der Waals surface area contributed by atoms with Crippen LogP contribution in [0.2, 0.25) is 0 Å². The van der Waals surface area contributed by atoms with Gasteiger partial charge < -0.3 is 10.5 Å². The van der Waals surface area contributed by atoms with E-state index in [1.54, 1.807) is 0 Å². The zero-order valence-electron chi connectivity index (χ0n) is 8.98. The number of hydrogen-bond acceptors (Lipinski definition) is 5. The lowest BCUT2D eigenvalue weighted by molar-refractivity contribution is 0.162. The van der Waals surface area contributed by atoms with Crippen LogP contribution in [-0.2, 0) is 0 Å². The second-order valence-electron chi connectivity index (χ2n) is 4.07. The summed E-state index contributed by atoms with van der Waals surface area (Å²) in [5.41, 5.74) is 6.07. The topological polar surface area (TPSA) is 61.0 Å². The van der Waals surface area contributed by atoms with Gasteiger partial charge in [-0.2, -0.15) is 9.36 Å². The van der Waals surface area contributed by atoms with Gasteiger partial charge in [0.15, 0.2) is 0 Å². The minimum Gasteiger partial charge on any atom is -0.464 e. The fourth-order valence-corrected chi connectivity index (χ4v) is 2.49. The van der Waals surface area contributed by atoms with Gasteiger partial charge in [-0.25, -0.2) is 0 Å². The van der Waals surface area contributed by atoms with Crippen LogP contribution in [0.1, 0.15) is 37.9 Å². The van der Waals surface area contributed by atoms with Crippen LogP contribution in [0.25, 0.3) is 0 Å². The molecule has 4 nitrogen and oxygen atoms in total. The molecule has 1 aromatic rings. The Morgan fingerprint density at radius 1 is 1.33 bits per heavy atom. The summed E-state index contributed by atoms with van der Waals surface area (Å²) in [4.78, 5) is 4.20. The van der Waals surface area contributed by atoms with Gasteiger partial charge in [-0.05, 0) is 26.2 Å².